The minimum Gasteiger partial charge on any atom is -0.379 e. The maximum atomic E-state index is 6.25. The van der Waals surface area contributed by atoms with Crippen molar-refractivity contribution in [3.05, 3.63) is 107 Å². The quantitative estimate of drug-likeness (QED) is 0.312. The van der Waals surface area contributed by atoms with Crippen molar-refractivity contribution in [3.63, 3.8) is 0 Å². The molecule has 4 aromatic carbocycles. The number of methoxy groups -OCH3 is 1. The lowest BCUT2D eigenvalue weighted by atomic mass is 9.75. The van der Waals surface area contributed by atoms with Gasteiger partial charge in [0.2, 0.25) is 0 Å². The summed E-state index contributed by atoms with van der Waals surface area (Å²) in [5.74, 6) is 0. The molecule has 146 valence electrons. The number of rotatable bonds is 1. The number of fused-ring (bicyclic) bond motifs is 9. The van der Waals surface area contributed by atoms with Crippen molar-refractivity contribution in [1.82, 2.24) is 0 Å². The highest BCUT2D eigenvalue weighted by molar-refractivity contribution is 8.09. The Balaban J connectivity index is 1.59. The fourth-order valence-electron chi connectivity index (χ4n) is 5.88. The van der Waals surface area contributed by atoms with Crippen LogP contribution in [0.15, 0.2) is 94.7 Å². The molecule has 0 N–H and O–H groups in total. The van der Waals surface area contributed by atoms with Gasteiger partial charge in [0.1, 0.15) is 0 Å². The fraction of sp³-hybridized carbons (Fsp3) is 0.185. The van der Waals surface area contributed by atoms with Gasteiger partial charge in [0, 0.05) is 23.3 Å². The van der Waals surface area contributed by atoms with Crippen LogP contribution >= 0.6 is 23.5 Å². The summed E-state index contributed by atoms with van der Waals surface area (Å²) >= 11 is 4.01. The lowest BCUT2D eigenvalue weighted by Gasteiger charge is -2.32. The van der Waals surface area contributed by atoms with E-state index in [2.05, 4.69) is 96.7 Å². The van der Waals surface area contributed by atoms with Crippen molar-refractivity contribution in [2.24, 2.45) is 0 Å². The molecule has 1 aliphatic carbocycles. The van der Waals surface area contributed by atoms with Crippen LogP contribution in [0.4, 0.5) is 0 Å². The highest BCUT2D eigenvalue weighted by Gasteiger charge is 2.78. The molecule has 0 saturated carbocycles. The second-order valence-corrected chi connectivity index (χ2v) is 10.9. The Morgan fingerprint density at radius 2 is 1.47 bits per heavy atom. The van der Waals surface area contributed by atoms with Crippen LogP contribution in [0.1, 0.15) is 22.3 Å². The van der Waals surface area contributed by atoms with E-state index in [0.29, 0.717) is 0 Å². The first-order chi connectivity index (χ1) is 14.8. The first-order valence-electron chi connectivity index (χ1n) is 10.4. The lowest BCUT2D eigenvalue weighted by Crippen LogP contribution is -2.34. The highest BCUT2D eigenvalue weighted by atomic mass is 32.2. The molecule has 3 aliphatic rings. The zero-order valence-electron chi connectivity index (χ0n) is 16.6. The maximum Gasteiger partial charge on any atom is 0.0923 e. The molecule has 0 bridgehead atoms. The number of benzene rings is 4. The van der Waals surface area contributed by atoms with Crippen LogP contribution in [0.25, 0.3) is 10.8 Å². The van der Waals surface area contributed by atoms with Crippen LogP contribution in [-0.4, -0.2) is 13.2 Å². The Hall–Kier alpha value is -2.20. The van der Waals surface area contributed by atoms with Crippen LogP contribution in [0, 0.1) is 0 Å². The van der Waals surface area contributed by atoms with Gasteiger partial charge in [-0.15, -0.1) is 11.8 Å². The molecule has 0 amide bonds. The molecule has 2 aliphatic heterocycles. The molecule has 7 rings (SSSR count). The fourth-order valence-corrected chi connectivity index (χ4v) is 9.32. The SMILES string of the molecule is CO[C@H]1Cc2ccc3ccccc3c2[C@@]12SC21c2ccccc2Sc2ccccc21. The summed E-state index contributed by atoms with van der Waals surface area (Å²) in [6.45, 7) is 0. The van der Waals surface area contributed by atoms with E-state index in [1.165, 1.54) is 42.8 Å². The molecule has 0 unspecified atom stereocenters. The summed E-state index contributed by atoms with van der Waals surface area (Å²) in [6, 6.07) is 31.4. The van der Waals surface area contributed by atoms with Gasteiger partial charge in [0.15, 0.2) is 0 Å². The standard InChI is InChI=1S/C27H20OS2/c1-28-24-16-18-15-14-17-8-2-3-9-19(17)25(18)27(24)26(30-27)20-10-4-6-12-22(20)29-23-13-7-5-11-21(23)26/h2-15,24H,16H2,1H3/t24-,27-/m0/s1. The maximum absolute atomic E-state index is 6.25. The molecule has 4 aromatic rings. The van der Waals surface area contributed by atoms with Gasteiger partial charge in [-0.25, -0.2) is 0 Å². The van der Waals surface area contributed by atoms with Gasteiger partial charge >= 0.3 is 0 Å². The van der Waals surface area contributed by atoms with E-state index in [1.807, 2.05) is 18.9 Å². The van der Waals surface area contributed by atoms with E-state index in [4.69, 9.17) is 4.74 Å². The predicted octanol–water partition coefficient (Wildman–Crippen LogP) is 6.76. The molecule has 2 atom stereocenters. The number of hydrogen-bond acceptors (Lipinski definition) is 3. The third kappa shape index (κ3) is 1.92. The van der Waals surface area contributed by atoms with Gasteiger partial charge in [-0.2, -0.15) is 0 Å². The van der Waals surface area contributed by atoms with E-state index >= 15 is 0 Å². The van der Waals surface area contributed by atoms with Crippen molar-refractivity contribution in [3.8, 4) is 0 Å². The molecule has 2 heterocycles. The first-order valence-corrected chi connectivity index (χ1v) is 12.0. The molecule has 1 nitrogen and oxygen atoms in total. The zero-order chi connectivity index (χ0) is 19.9. The minimum atomic E-state index is -0.0957. The van der Waals surface area contributed by atoms with Gasteiger partial charge in [-0.1, -0.05) is 84.6 Å². The summed E-state index contributed by atoms with van der Waals surface area (Å²) in [5, 5.41) is 2.70. The van der Waals surface area contributed by atoms with Gasteiger partial charge in [0.05, 0.1) is 15.6 Å². The Morgan fingerprint density at radius 3 is 2.20 bits per heavy atom. The summed E-state index contributed by atoms with van der Waals surface area (Å²) in [4.78, 5) is 2.76. The Bertz CT molecular complexity index is 1300. The molecule has 2 spiro atoms. The molecule has 0 aromatic heterocycles. The number of hydrogen-bond donors (Lipinski definition) is 0. The molecule has 1 fully saturated rings. The second-order valence-electron chi connectivity index (χ2n) is 8.36. The normalized spacial score (nSPS) is 24.6. The van der Waals surface area contributed by atoms with Crippen molar-refractivity contribution in [1.29, 1.82) is 0 Å². The monoisotopic (exact) mass is 424 g/mol. The van der Waals surface area contributed by atoms with Crippen LogP contribution in [-0.2, 0) is 20.7 Å². The zero-order valence-corrected chi connectivity index (χ0v) is 18.2. The predicted molar refractivity (Wildman–Crippen MR) is 126 cm³/mol. The van der Waals surface area contributed by atoms with Gasteiger partial charge in [-0.3, -0.25) is 0 Å². The average Bonchev–Trinajstić information content (AvgIpc) is 3.35. The lowest BCUT2D eigenvalue weighted by molar-refractivity contribution is 0.0812. The summed E-state index contributed by atoms with van der Waals surface area (Å²) in [5.41, 5.74) is 5.83. The van der Waals surface area contributed by atoms with Crippen molar-refractivity contribution >= 4 is 34.3 Å². The van der Waals surface area contributed by atoms with E-state index in [-0.39, 0.29) is 15.6 Å². The van der Waals surface area contributed by atoms with Gasteiger partial charge in [0.25, 0.3) is 0 Å². The number of ether oxygens (including phenoxy) is 1. The van der Waals surface area contributed by atoms with Crippen LogP contribution < -0.4 is 0 Å². The van der Waals surface area contributed by atoms with Crippen molar-refractivity contribution in [2.45, 2.75) is 31.8 Å². The Kier molecular flexibility index (Phi) is 3.46. The van der Waals surface area contributed by atoms with Crippen LogP contribution in [0.3, 0.4) is 0 Å². The Morgan fingerprint density at radius 1 is 0.800 bits per heavy atom. The minimum absolute atomic E-state index is 0.0921. The third-order valence-electron chi connectivity index (χ3n) is 7.08. The van der Waals surface area contributed by atoms with Gasteiger partial charge in [-0.05, 0) is 45.2 Å². The van der Waals surface area contributed by atoms with Gasteiger partial charge < -0.3 is 4.74 Å². The summed E-state index contributed by atoms with van der Waals surface area (Å²) in [6.07, 6.45) is 1.13. The van der Waals surface area contributed by atoms with E-state index < -0.39 is 0 Å². The molecule has 1 saturated heterocycles. The summed E-state index contributed by atoms with van der Waals surface area (Å²) in [7, 11) is 1.89. The molecule has 3 heteroatoms. The van der Waals surface area contributed by atoms with E-state index in [1.54, 1.807) is 0 Å². The topological polar surface area (TPSA) is 9.23 Å². The van der Waals surface area contributed by atoms with E-state index in [9.17, 15) is 0 Å². The van der Waals surface area contributed by atoms with Crippen LogP contribution in [0.5, 0.6) is 0 Å². The van der Waals surface area contributed by atoms with Crippen LogP contribution in [0.2, 0.25) is 0 Å². The second kappa shape index (κ2) is 5.94. The average molecular weight is 425 g/mol. The largest absolute Gasteiger partial charge is 0.379 e. The van der Waals surface area contributed by atoms with Crippen molar-refractivity contribution in [2.75, 3.05) is 7.11 Å². The summed E-state index contributed by atoms with van der Waals surface area (Å²) < 4.78 is 6.06. The molecular weight excluding hydrogens is 404 g/mol. The molecular formula is C27H20OS2. The smallest absolute Gasteiger partial charge is 0.0923 e. The first kappa shape index (κ1) is 17.5. The molecule has 30 heavy (non-hydrogen) atoms. The highest BCUT2D eigenvalue weighted by Crippen LogP contribution is 2.85. The Labute approximate surface area is 184 Å². The van der Waals surface area contributed by atoms with E-state index in [0.717, 1.165) is 6.42 Å². The number of thioether (sulfide) groups is 1. The third-order valence-corrected chi connectivity index (χ3v) is 10.2. The van der Waals surface area contributed by atoms with Crippen molar-refractivity contribution < 1.29 is 4.74 Å². The molecule has 0 radical (unpaired) electrons.